The maximum absolute atomic E-state index is 13.8. The van der Waals surface area contributed by atoms with Crippen molar-refractivity contribution in [2.24, 2.45) is 0 Å². The fraction of sp³-hybridized carbons (Fsp3) is 0.769. The monoisotopic (exact) mass is 717 g/mol. The number of hydrogen-bond acceptors (Lipinski definition) is 12. The van der Waals surface area contributed by atoms with Gasteiger partial charge in [-0.05, 0) is 140 Å². The number of ether oxygens (including phenoxy) is 3. The molecule has 12 heteroatoms. The number of rotatable bonds is 6. The van der Waals surface area contributed by atoms with Crippen LogP contribution in [0.1, 0.15) is 172 Å². The lowest BCUT2D eigenvalue weighted by Gasteiger charge is -2.42. The zero-order valence-corrected chi connectivity index (χ0v) is 33.0. The Morgan fingerprint density at radius 1 is 0.471 bits per heavy atom. The van der Waals surface area contributed by atoms with E-state index in [0.717, 1.165) is 0 Å². The Morgan fingerprint density at radius 3 is 0.902 bits per heavy atom. The number of benzene rings is 1. The summed E-state index contributed by atoms with van der Waals surface area (Å²) in [6, 6.07) is 4.16. The number of carbonyl (C=O) groups is 3. The molecule has 3 atom stereocenters. The number of hydrogen-bond donors (Lipinski definition) is 3. The van der Waals surface area contributed by atoms with E-state index in [-0.39, 0.29) is 16.7 Å². The molecule has 3 aliphatic heterocycles. The predicted molar refractivity (Wildman–Crippen MR) is 191 cm³/mol. The summed E-state index contributed by atoms with van der Waals surface area (Å²) in [7, 11) is 0. The molecule has 0 aromatic heterocycles. The van der Waals surface area contributed by atoms with Gasteiger partial charge in [0, 0.05) is 52.5 Å². The Bertz CT molecular complexity index is 1280. The minimum Gasteiger partial charge on any atom is -0.459 e. The van der Waals surface area contributed by atoms with Crippen molar-refractivity contribution in [3.63, 3.8) is 0 Å². The van der Waals surface area contributed by atoms with E-state index in [4.69, 9.17) is 14.2 Å². The second-order valence-corrected chi connectivity index (χ2v) is 18.9. The Kier molecular flexibility index (Phi) is 11.6. The molecule has 0 amide bonds. The van der Waals surface area contributed by atoms with E-state index in [2.05, 4.69) is 0 Å². The fourth-order valence-corrected chi connectivity index (χ4v) is 8.50. The maximum Gasteiger partial charge on any atom is 0.338 e. The summed E-state index contributed by atoms with van der Waals surface area (Å²) in [5.41, 5.74) is -3.62. The van der Waals surface area contributed by atoms with Crippen molar-refractivity contribution in [2.75, 3.05) is 0 Å². The number of esters is 3. The molecule has 0 spiro atoms. The first-order valence-corrected chi connectivity index (χ1v) is 18.4. The summed E-state index contributed by atoms with van der Waals surface area (Å²) in [4.78, 5) is 41.4. The smallest absolute Gasteiger partial charge is 0.338 e. The molecule has 288 valence electrons. The molecule has 12 nitrogen and oxygen atoms in total. The summed E-state index contributed by atoms with van der Waals surface area (Å²) in [5, 5.41) is 36.8. The fourth-order valence-electron chi connectivity index (χ4n) is 8.50. The Labute approximate surface area is 304 Å². The van der Waals surface area contributed by atoms with Crippen LogP contribution < -0.4 is 0 Å². The van der Waals surface area contributed by atoms with E-state index in [1.165, 1.54) is 33.4 Å². The van der Waals surface area contributed by atoms with E-state index < -0.39 is 69.5 Å². The lowest BCUT2D eigenvalue weighted by atomic mass is 9.95. The van der Waals surface area contributed by atoms with Crippen LogP contribution in [0, 0.1) is 0 Å². The van der Waals surface area contributed by atoms with Crippen molar-refractivity contribution < 1.29 is 44.2 Å². The molecule has 3 heterocycles. The first kappa shape index (κ1) is 41.2. The molecule has 3 unspecified atom stereocenters. The predicted octanol–water partition coefficient (Wildman–Crippen LogP) is 7.56. The van der Waals surface area contributed by atoms with Crippen LogP contribution in [0.4, 0.5) is 0 Å². The molecule has 0 aliphatic carbocycles. The lowest BCUT2D eigenvalue weighted by molar-refractivity contribution is -0.222. The van der Waals surface area contributed by atoms with Gasteiger partial charge >= 0.3 is 17.9 Å². The third kappa shape index (κ3) is 9.31. The standard InChI is InChI=1S/C39H63N3O9/c1-34(2)16-13-28(22-37(7,8)40(34)46)49-31(43)25-19-26(32(44)50-29-14-17-35(3,4)41(47)38(9,10)23-29)21-27(20-25)33(45)51-30-15-18-36(5,6)42(48)39(11,12)24-30/h19-21,28-30,46-48H,13-18,22-24H2,1-12H3. The number of nitrogens with zero attached hydrogens (tertiary/aromatic N) is 3. The summed E-state index contributed by atoms with van der Waals surface area (Å²) in [5.74, 6) is -2.11. The molecule has 0 saturated carbocycles. The largest absolute Gasteiger partial charge is 0.459 e. The summed E-state index contributed by atoms with van der Waals surface area (Å²) in [6.45, 7) is 23.0. The van der Waals surface area contributed by atoms with Crippen molar-refractivity contribution in [1.29, 1.82) is 0 Å². The zero-order valence-electron chi connectivity index (χ0n) is 33.0. The molecule has 3 N–H and O–H groups in total. The van der Waals surface area contributed by atoms with Crippen molar-refractivity contribution >= 4 is 17.9 Å². The van der Waals surface area contributed by atoms with Gasteiger partial charge in [-0.3, -0.25) is 0 Å². The average Bonchev–Trinajstić information content (AvgIpc) is 3.19. The van der Waals surface area contributed by atoms with Crippen molar-refractivity contribution in [3.05, 3.63) is 34.9 Å². The van der Waals surface area contributed by atoms with E-state index >= 15 is 0 Å². The van der Waals surface area contributed by atoms with Crippen molar-refractivity contribution in [2.45, 2.75) is 192 Å². The Balaban J connectivity index is 1.64. The normalized spacial score (nSPS) is 29.1. The van der Waals surface area contributed by atoms with Crippen LogP contribution in [0.15, 0.2) is 18.2 Å². The van der Waals surface area contributed by atoms with E-state index in [9.17, 15) is 30.0 Å². The van der Waals surface area contributed by atoms with E-state index in [1.54, 1.807) is 0 Å². The molecule has 3 saturated heterocycles. The highest BCUT2D eigenvalue weighted by Gasteiger charge is 2.45. The highest BCUT2D eigenvalue weighted by molar-refractivity contribution is 6.00. The average molecular weight is 718 g/mol. The Morgan fingerprint density at radius 2 is 0.686 bits per heavy atom. The van der Waals surface area contributed by atoms with Gasteiger partial charge in [0.2, 0.25) is 0 Å². The minimum atomic E-state index is -0.703. The van der Waals surface area contributed by atoms with Gasteiger partial charge in [0.25, 0.3) is 0 Å². The maximum atomic E-state index is 13.8. The third-order valence-corrected chi connectivity index (χ3v) is 11.3. The van der Waals surface area contributed by atoms with Crippen LogP contribution >= 0.6 is 0 Å². The highest BCUT2D eigenvalue weighted by atomic mass is 16.6. The Hall–Kier alpha value is -2.61. The van der Waals surface area contributed by atoms with Crippen molar-refractivity contribution in [3.8, 4) is 0 Å². The van der Waals surface area contributed by atoms with E-state index in [1.807, 2.05) is 83.1 Å². The van der Waals surface area contributed by atoms with E-state index in [0.29, 0.717) is 57.8 Å². The van der Waals surface area contributed by atoms with Crippen LogP contribution in [0.25, 0.3) is 0 Å². The zero-order chi connectivity index (χ0) is 38.5. The first-order chi connectivity index (χ1) is 23.2. The number of carbonyl (C=O) groups excluding carboxylic acids is 3. The minimum absolute atomic E-state index is 0.00583. The molecule has 0 bridgehead atoms. The van der Waals surface area contributed by atoms with Gasteiger partial charge < -0.3 is 29.8 Å². The lowest BCUT2D eigenvalue weighted by Crippen LogP contribution is -2.52. The van der Waals surface area contributed by atoms with Gasteiger partial charge in [0.05, 0.1) is 16.7 Å². The SMILES string of the molecule is CC1(C)CCC(OC(=O)c2cc(C(=O)OC3CCC(C)(C)N(O)C(C)(C)C3)cc(C(=O)OC3CCC(C)(C)N(O)C(C)(C)C3)c2)CC(C)(C)N1O. The highest BCUT2D eigenvalue weighted by Crippen LogP contribution is 2.39. The summed E-state index contributed by atoms with van der Waals surface area (Å²) < 4.78 is 18.0. The van der Waals surface area contributed by atoms with Gasteiger partial charge in [-0.1, -0.05) is 0 Å². The first-order valence-electron chi connectivity index (χ1n) is 18.4. The van der Waals surface area contributed by atoms with Crippen LogP contribution in [0.2, 0.25) is 0 Å². The van der Waals surface area contributed by atoms with Crippen LogP contribution in [-0.4, -0.2) is 100 Å². The second-order valence-electron chi connectivity index (χ2n) is 18.9. The molecular weight excluding hydrogens is 654 g/mol. The van der Waals surface area contributed by atoms with Gasteiger partial charge in [0.1, 0.15) is 18.3 Å². The number of hydroxylamine groups is 6. The van der Waals surface area contributed by atoms with Crippen LogP contribution in [0.5, 0.6) is 0 Å². The molecule has 51 heavy (non-hydrogen) atoms. The summed E-state index contributed by atoms with van der Waals surface area (Å²) in [6.07, 6.45) is 2.84. The van der Waals surface area contributed by atoms with Gasteiger partial charge in [-0.2, -0.15) is 15.2 Å². The third-order valence-electron chi connectivity index (χ3n) is 11.3. The van der Waals surface area contributed by atoms with Crippen molar-refractivity contribution in [1.82, 2.24) is 15.2 Å². The van der Waals surface area contributed by atoms with Gasteiger partial charge in [-0.25, -0.2) is 14.4 Å². The molecular formula is C39H63N3O9. The van der Waals surface area contributed by atoms with Gasteiger partial charge in [-0.15, -0.1) is 0 Å². The quantitative estimate of drug-likeness (QED) is 0.197. The molecule has 3 fully saturated rings. The van der Waals surface area contributed by atoms with Crippen LogP contribution in [0.3, 0.4) is 0 Å². The topological polar surface area (TPSA) is 149 Å². The molecule has 1 aromatic carbocycles. The van der Waals surface area contributed by atoms with Crippen LogP contribution in [-0.2, 0) is 14.2 Å². The second kappa shape index (κ2) is 14.3. The van der Waals surface area contributed by atoms with Gasteiger partial charge in [0.15, 0.2) is 0 Å². The summed E-state index contributed by atoms with van der Waals surface area (Å²) >= 11 is 0. The molecule has 1 aromatic rings. The molecule has 4 rings (SSSR count). The molecule has 0 radical (unpaired) electrons. The molecule has 3 aliphatic rings.